The molecule has 18 heavy (non-hydrogen) atoms. The van der Waals surface area contributed by atoms with E-state index in [0.29, 0.717) is 18.4 Å². The number of fused-ring (bicyclic) bond motifs is 1. The number of aliphatic carboxylic acids is 1. The number of oxazole rings is 1. The Hall–Kier alpha value is -1.88. The highest BCUT2D eigenvalue weighted by Crippen LogP contribution is 2.55. The normalized spacial score (nSPS) is 18.7. The van der Waals surface area contributed by atoms with Gasteiger partial charge in [0.15, 0.2) is 12.0 Å². The van der Waals surface area contributed by atoms with Crippen molar-refractivity contribution in [1.29, 1.82) is 0 Å². The Morgan fingerprint density at radius 1 is 1.56 bits per heavy atom. The quantitative estimate of drug-likeness (QED) is 0.862. The van der Waals surface area contributed by atoms with Crippen LogP contribution in [-0.4, -0.2) is 23.1 Å². The predicted molar refractivity (Wildman–Crippen MR) is 65.1 cm³/mol. The average Bonchev–Trinajstić information content (AvgIpc) is 3.02. The van der Waals surface area contributed by atoms with Crippen LogP contribution >= 0.6 is 0 Å². The van der Waals surface area contributed by atoms with Crippen molar-refractivity contribution < 1.29 is 14.3 Å². The Labute approximate surface area is 104 Å². The molecule has 1 atom stereocenters. The molecule has 1 aromatic carbocycles. The summed E-state index contributed by atoms with van der Waals surface area (Å²) < 4.78 is 5.26. The van der Waals surface area contributed by atoms with Gasteiger partial charge in [-0.1, -0.05) is 6.07 Å². The molecular weight excluding hydrogens is 232 g/mol. The highest BCUT2D eigenvalue weighted by Gasteiger charge is 2.56. The lowest BCUT2D eigenvalue weighted by atomic mass is 9.90. The lowest BCUT2D eigenvalue weighted by Crippen LogP contribution is -2.32. The molecule has 94 valence electrons. The monoisotopic (exact) mass is 246 g/mol. The third-order valence-electron chi connectivity index (χ3n) is 3.74. The molecule has 1 heterocycles. The van der Waals surface area contributed by atoms with E-state index in [0.717, 1.165) is 11.1 Å². The molecule has 1 aliphatic rings. The topological polar surface area (TPSA) is 75.4 Å². The van der Waals surface area contributed by atoms with Crippen molar-refractivity contribution in [3.05, 3.63) is 30.2 Å². The fourth-order valence-corrected chi connectivity index (χ4v) is 2.57. The Kier molecular flexibility index (Phi) is 2.38. The number of carboxylic acid groups (broad SMARTS) is 1. The summed E-state index contributed by atoms with van der Waals surface area (Å²) in [5, 5.41) is 12.5. The molecule has 1 fully saturated rings. The van der Waals surface area contributed by atoms with E-state index in [1.54, 1.807) is 7.05 Å². The summed E-state index contributed by atoms with van der Waals surface area (Å²) in [4.78, 5) is 15.4. The summed E-state index contributed by atoms with van der Waals surface area (Å²) in [6.45, 7) is 0. The Morgan fingerprint density at radius 3 is 2.94 bits per heavy atom. The van der Waals surface area contributed by atoms with Gasteiger partial charge in [0.1, 0.15) is 5.52 Å². The first-order valence-electron chi connectivity index (χ1n) is 5.91. The maximum atomic E-state index is 11.4. The van der Waals surface area contributed by atoms with E-state index in [2.05, 4.69) is 10.3 Å². The zero-order chi connectivity index (χ0) is 12.8. The van der Waals surface area contributed by atoms with Crippen LogP contribution in [0.15, 0.2) is 29.0 Å². The first kappa shape index (κ1) is 11.2. The molecule has 1 aliphatic carbocycles. The van der Waals surface area contributed by atoms with Crippen LogP contribution in [0.2, 0.25) is 0 Å². The number of hydrogen-bond donors (Lipinski definition) is 2. The minimum Gasteiger partial charge on any atom is -0.481 e. The van der Waals surface area contributed by atoms with Crippen LogP contribution in [0.25, 0.3) is 11.1 Å². The largest absolute Gasteiger partial charge is 0.481 e. The van der Waals surface area contributed by atoms with Gasteiger partial charge >= 0.3 is 5.97 Å². The highest BCUT2D eigenvalue weighted by molar-refractivity contribution is 5.80. The zero-order valence-corrected chi connectivity index (χ0v) is 10.0. The van der Waals surface area contributed by atoms with Gasteiger partial charge < -0.3 is 14.8 Å². The van der Waals surface area contributed by atoms with Crippen LogP contribution in [0.4, 0.5) is 0 Å². The Balaban J connectivity index is 2.03. The predicted octanol–water partition coefficient (Wildman–Crippen LogP) is 1.95. The van der Waals surface area contributed by atoms with E-state index < -0.39 is 11.4 Å². The maximum absolute atomic E-state index is 11.4. The van der Waals surface area contributed by atoms with Gasteiger partial charge in [-0.25, -0.2) is 4.98 Å². The molecule has 2 N–H and O–H groups in total. The number of hydrogen-bond acceptors (Lipinski definition) is 4. The molecule has 0 radical (unpaired) electrons. The Bertz CT molecular complexity index is 601. The maximum Gasteiger partial charge on any atom is 0.311 e. The molecule has 0 saturated heterocycles. The van der Waals surface area contributed by atoms with E-state index in [1.807, 2.05) is 18.2 Å². The summed E-state index contributed by atoms with van der Waals surface area (Å²) in [7, 11) is 1.79. The molecule has 5 heteroatoms. The standard InChI is InChI=1S/C13H14N2O3/c1-14-11(13(4-5-13)12(16)17)8-2-3-9-10(6-8)18-7-15-9/h2-3,6-7,11,14H,4-5H2,1H3,(H,16,17). The number of nitrogens with zero attached hydrogens (tertiary/aromatic N) is 1. The zero-order valence-electron chi connectivity index (χ0n) is 10.0. The van der Waals surface area contributed by atoms with E-state index in [9.17, 15) is 9.90 Å². The van der Waals surface area contributed by atoms with Gasteiger partial charge in [0.2, 0.25) is 0 Å². The first-order valence-corrected chi connectivity index (χ1v) is 5.91. The van der Waals surface area contributed by atoms with Gasteiger partial charge in [0, 0.05) is 6.04 Å². The van der Waals surface area contributed by atoms with Crippen molar-refractivity contribution in [2.45, 2.75) is 18.9 Å². The second-order valence-electron chi connectivity index (χ2n) is 4.76. The first-order chi connectivity index (χ1) is 8.67. The molecule has 0 aliphatic heterocycles. The van der Waals surface area contributed by atoms with Crippen molar-refractivity contribution >= 4 is 17.1 Å². The molecular formula is C13H14N2O3. The molecule has 0 bridgehead atoms. The molecule has 0 spiro atoms. The Morgan fingerprint density at radius 2 is 2.33 bits per heavy atom. The van der Waals surface area contributed by atoms with E-state index in [-0.39, 0.29) is 6.04 Å². The second kappa shape index (κ2) is 3.81. The molecule has 1 saturated carbocycles. The number of aromatic nitrogens is 1. The smallest absolute Gasteiger partial charge is 0.311 e. The van der Waals surface area contributed by atoms with Gasteiger partial charge in [0.25, 0.3) is 0 Å². The van der Waals surface area contributed by atoms with Crippen LogP contribution < -0.4 is 5.32 Å². The second-order valence-corrected chi connectivity index (χ2v) is 4.76. The molecule has 2 aromatic rings. The van der Waals surface area contributed by atoms with Gasteiger partial charge in [-0.2, -0.15) is 0 Å². The van der Waals surface area contributed by atoms with Crippen molar-refractivity contribution in [3.63, 3.8) is 0 Å². The minimum atomic E-state index is -0.737. The lowest BCUT2D eigenvalue weighted by Gasteiger charge is -2.23. The van der Waals surface area contributed by atoms with E-state index >= 15 is 0 Å². The van der Waals surface area contributed by atoms with Gasteiger partial charge in [-0.3, -0.25) is 4.79 Å². The van der Waals surface area contributed by atoms with E-state index in [4.69, 9.17) is 4.42 Å². The third kappa shape index (κ3) is 1.51. The van der Waals surface area contributed by atoms with Crippen molar-refractivity contribution in [1.82, 2.24) is 10.3 Å². The highest BCUT2D eigenvalue weighted by atomic mass is 16.4. The molecule has 1 unspecified atom stereocenters. The van der Waals surface area contributed by atoms with E-state index in [1.165, 1.54) is 6.39 Å². The summed E-state index contributed by atoms with van der Waals surface area (Å²) in [6, 6.07) is 5.45. The van der Waals surface area contributed by atoms with Crippen molar-refractivity contribution in [2.75, 3.05) is 7.05 Å². The SMILES string of the molecule is CNC(c1ccc2ncoc2c1)C1(C(=O)O)CC1. The van der Waals surface area contributed by atoms with Crippen LogP contribution in [-0.2, 0) is 4.79 Å². The van der Waals surface area contributed by atoms with Crippen LogP contribution in [0, 0.1) is 5.41 Å². The number of carboxylic acids is 1. The molecule has 1 aromatic heterocycles. The van der Waals surface area contributed by atoms with Crippen LogP contribution in [0.3, 0.4) is 0 Å². The van der Waals surface area contributed by atoms with Crippen molar-refractivity contribution in [3.8, 4) is 0 Å². The molecule has 5 nitrogen and oxygen atoms in total. The number of carbonyl (C=O) groups is 1. The molecule has 0 amide bonds. The number of benzene rings is 1. The minimum absolute atomic E-state index is 0.190. The summed E-state index contributed by atoms with van der Waals surface area (Å²) in [6.07, 6.45) is 2.82. The number of nitrogens with one attached hydrogen (secondary N) is 1. The average molecular weight is 246 g/mol. The van der Waals surface area contributed by atoms with Gasteiger partial charge in [-0.15, -0.1) is 0 Å². The fraction of sp³-hybridized carbons (Fsp3) is 0.385. The third-order valence-corrected chi connectivity index (χ3v) is 3.74. The summed E-state index contributed by atoms with van der Waals surface area (Å²) in [5.74, 6) is -0.737. The van der Waals surface area contributed by atoms with Gasteiger partial charge in [0.05, 0.1) is 5.41 Å². The van der Waals surface area contributed by atoms with Crippen LogP contribution in [0.5, 0.6) is 0 Å². The fourth-order valence-electron chi connectivity index (χ4n) is 2.57. The van der Waals surface area contributed by atoms with Gasteiger partial charge in [-0.05, 0) is 37.6 Å². The van der Waals surface area contributed by atoms with Crippen LogP contribution in [0.1, 0.15) is 24.4 Å². The summed E-state index contributed by atoms with van der Waals surface area (Å²) >= 11 is 0. The lowest BCUT2D eigenvalue weighted by molar-refractivity contribution is -0.144. The number of rotatable bonds is 4. The summed E-state index contributed by atoms with van der Waals surface area (Å²) in [5.41, 5.74) is 1.74. The molecule has 3 rings (SSSR count). The van der Waals surface area contributed by atoms with Crippen molar-refractivity contribution in [2.24, 2.45) is 5.41 Å².